The summed E-state index contributed by atoms with van der Waals surface area (Å²) in [5, 5.41) is 1.71. The van der Waals surface area contributed by atoms with E-state index in [1.807, 2.05) is 86.6 Å². The van der Waals surface area contributed by atoms with Crippen LogP contribution in [0.25, 0.3) is 0 Å². The molecule has 3 unspecified atom stereocenters. The van der Waals surface area contributed by atoms with Gasteiger partial charge in [0.25, 0.3) is 5.91 Å². The molecule has 3 atom stereocenters. The SMILES string of the molecule is Cc1ccc(N2C(=O)C3ON(c4ccccc4)C(c4cccc(Br)c4)C3C2=O)c(C)c1. The van der Waals surface area contributed by atoms with Crippen LogP contribution in [0.15, 0.2) is 77.3 Å². The number of imide groups is 1. The third-order valence-electron chi connectivity index (χ3n) is 5.91. The maximum Gasteiger partial charge on any atom is 0.266 e. The maximum absolute atomic E-state index is 13.7. The van der Waals surface area contributed by atoms with Gasteiger partial charge in [-0.15, -0.1) is 0 Å². The number of para-hydroxylation sites is 1. The monoisotopic (exact) mass is 476 g/mol. The second-order valence-electron chi connectivity index (χ2n) is 8.01. The highest BCUT2D eigenvalue weighted by atomic mass is 79.9. The minimum atomic E-state index is -0.864. The molecule has 3 aromatic rings. The van der Waals surface area contributed by atoms with Crippen molar-refractivity contribution in [2.45, 2.75) is 26.0 Å². The Morgan fingerprint density at radius 3 is 2.35 bits per heavy atom. The van der Waals surface area contributed by atoms with E-state index in [2.05, 4.69) is 15.9 Å². The number of carbonyl (C=O) groups is 2. The minimum absolute atomic E-state index is 0.231. The lowest BCUT2D eigenvalue weighted by Crippen LogP contribution is -2.37. The van der Waals surface area contributed by atoms with Crippen LogP contribution in [-0.4, -0.2) is 17.9 Å². The third kappa shape index (κ3) is 3.27. The molecule has 6 heteroatoms. The van der Waals surface area contributed by atoms with Crippen LogP contribution in [0.2, 0.25) is 0 Å². The number of hydroxylamine groups is 1. The van der Waals surface area contributed by atoms with Gasteiger partial charge in [0.05, 0.1) is 17.4 Å². The Hall–Kier alpha value is -2.96. The average molecular weight is 477 g/mol. The van der Waals surface area contributed by atoms with Gasteiger partial charge in [-0.05, 0) is 55.3 Å². The number of rotatable bonds is 3. The molecule has 0 spiro atoms. The quantitative estimate of drug-likeness (QED) is 0.492. The van der Waals surface area contributed by atoms with Crippen molar-refractivity contribution in [3.05, 3.63) is 94.0 Å². The van der Waals surface area contributed by atoms with Crippen molar-refractivity contribution in [1.29, 1.82) is 0 Å². The van der Waals surface area contributed by atoms with Gasteiger partial charge in [-0.3, -0.25) is 14.4 Å². The second-order valence-corrected chi connectivity index (χ2v) is 8.93. The summed E-state index contributed by atoms with van der Waals surface area (Å²) >= 11 is 3.53. The fraction of sp³-hybridized carbons (Fsp3) is 0.200. The van der Waals surface area contributed by atoms with Crippen molar-refractivity contribution < 1.29 is 14.4 Å². The van der Waals surface area contributed by atoms with E-state index in [4.69, 9.17) is 4.84 Å². The van der Waals surface area contributed by atoms with E-state index in [0.717, 1.165) is 26.9 Å². The first-order valence-corrected chi connectivity index (χ1v) is 11.0. The van der Waals surface area contributed by atoms with E-state index in [1.165, 1.54) is 4.90 Å². The first-order valence-electron chi connectivity index (χ1n) is 10.2. The van der Waals surface area contributed by atoms with Gasteiger partial charge in [-0.1, -0.05) is 64.0 Å². The molecule has 2 fully saturated rings. The zero-order valence-corrected chi connectivity index (χ0v) is 18.7. The van der Waals surface area contributed by atoms with E-state index in [1.54, 1.807) is 5.06 Å². The zero-order chi connectivity index (χ0) is 21.7. The standard InChI is InChI=1S/C25H21BrN2O3/c1-15-11-12-20(16(2)13-15)27-24(29)21-22(17-7-6-8-18(26)14-17)28(31-23(21)25(27)30)19-9-4-3-5-10-19/h3-14,21-23H,1-2H3. The molecule has 0 radical (unpaired) electrons. The Labute approximate surface area is 189 Å². The molecule has 2 aliphatic rings. The Kier molecular flexibility index (Phi) is 4.91. The van der Waals surface area contributed by atoms with E-state index >= 15 is 0 Å². The molecule has 0 aliphatic carbocycles. The lowest BCUT2D eigenvalue weighted by atomic mass is 9.90. The van der Waals surface area contributed by atoms with Gasteiger partial charge in [-0.25, -0.2) is 9.96 Å². The summed E-state index contributed by atoms with van der Waals surface area (Å²) in [6.07, 6.45) is -0.864. The highest BCUT2D eigenvalue weighted by molar-refractivity contribution is 9.10. The molecular formula is C25H21BrN2O3. The summed E-state index contributed by atoms with van der Waals surface area (Å²) in [6, 6.07) is 22.7. The molecule has 156 valence electrons. The van der Waals surface area contributed by atoms with E-state index < -0.39 is 18.1 Å². The van der Waals surface area contributed by atoms with Gasteiger partial charge in [-0.2, -0.15) is 0 Å². The van der Waals surface area contributed by atoms with Gasteiger partial charge in [0.15, 0.2) is 6.10 Å². The first kappa shape index (κ1) is 20.0. The molecule has 2 saturated heterocycles. The number of hydrogen-bond acceptors (Lipinski definition) is 4. The second kappa shape index (κ2) is 7.62. The van der Waals surface area contributed by atoms with Crippen LogP contribution < -0.4 is 9.96 Å². The largest absolute Gasteiger partial charge is 0.273 e. The molecule has 5 nitrogen and oxygen atoms in total. The van der Waals surface area contributed by atoms with Crippen LogP contribution in [0, 0.1) is 19.8 Å². The number of carbonyl (C=O) groups excluding carboxylic acids is 2. The van der Waals surface area contributed by atoms with Crippen LogP contribution in [0.1, 0.15) is 22.7 Å². The summed E-state index contributed by atoms with van der Waals surface area (Å²) < 4.78 is 0.907. The number of halogens is 1. The minimum Gasteiger partial charge on any atom is -0.273 e. The maximum atomic E-state index is 13.7. The summed E-state index contributed by atoms with van der Waals surface area (Å²) in [5.41, 5.74) is 4.31. The predicted octanol–water partition coefficient (Wildman–Crippen LogP) is 5.12. The number of nitrogens with zero attached hydrogens (tertiary/aromatic N) is 2. The Balaban J connectivity index is 1.60. The van der Waals surface area contributed by atoms with E-state index in [0.29, 0.717) is 5.69 Å². The molecule has 5 rings (SSSR count). The summed E-state index contributed by atoms with van der Waals surface area (Å²) in [6.45, 7) is 3.91. The van der Waals surface area contributed by atoms with Crippen molar-refractivity contribution >= 4 is 39.1 Å². The molecule has 2 heterocycles. The number of anilines is 2. The van der Waals surface area contributed by atoms with Crippen molar-refractivity contribution in [2.24, 2.45) is 5.92 Å². The molecule has 0 N–H and O–H groups in total. The van der Waals surface area contributed by atoms with Crippen molar-refractivity contribution in [3.8, 4) is 0 Å². The number of benzene rings is 3. The Morgan fingerprint density at radius 1 is 0.871 bits per heavy atom. The van der Waals surface area contributed by atoms with Crippen LogP contribution in [0.3, 0.4) is 0 Å². The smallest absolute Gasteiger partial charge is 0.266 e. The van der Waals surface area contributed by atoms with Gasteiger partial charge >= 0.3 is 0 Å². The van der Waals surface area contributed by atoms with Crippen LogP contribution >= 0.6 is 15.9 Å². The summed E-state index contributed by atoms with van der Waals surface area (Å²) in [4.78, 5) is 34.6. The number of amides is 2. The van der Waals surface area contributed by atoms with Crippen molar-refractivity contribution in [1.82, 2.24) is 0 Å². The fourth-order valence-electron chi connectivity index (χ4n) is 4.54. The normalized spacial score (nSPS) is 22.9. The molecule has 0 saturated carbocycles. The molecule has 0 aromatic heterocycles. The highest BCUT2D eigenvalue weighted by Crippen LogP contribution is 2.48. The van der Waals surface area contributed by atoms with Gasteiger partial charge < -0.3 is 0 Å². The van der Waals surface area contributed by atoms with Crippen LogP contribution in [-0.2, 0) is 14.4 Å². The molecule has 2 amide bonds. The van der Waals surface area contributed by atoms with Crippen molar-refractivity contribution in [3.63, 3.8) is 0 Å². The predicted molar refractivity (Wildman–Crippen MR) is 123 cm³/mol. The van der Waals surface area contributed by atoms with Crippen LogP contribution in [0.4, 0.5) is 11.4 Å². The fourth-order valence-corrected chi connectivity index (χ4v) is 4.95. The number of aryl methyl sites for hydroxylation is 2. The Morgan fingerprint density at radius 2 is 1.65 bits per heavy atom. The van der Waals surface area contributed by atoms with Crippen molar-refractivity contribution in [2.75, 3.05) is 9.96 Å². The average Bonchev–Trinajstić information content (AvgIpc) is 3.26. The van der Waals surface area contributed by atoms with E-state index in [-0.39, 0.29) is 11.8 Å². The molecule has 3 aromatic carbocycles. The third-order valence-corrected chi connectivity index (χ3v) is 6.40. The highest BCUT2D eigenvalue weighted by Gasteiger charge is 2.60. The van der Waals surface area contributed by atoms with Gasteiger partial charge in [0.1, 0.15) is 5.92 Å². The topological polar surface area (TPSA) is 49.9 Å². The first-order chi connectivity index (χ1) is 15.0. The van der Waals surface area contributed by atoms with E-state index in [9.17, 15) is 9.59 Å². The summed E-state index contributed by atoms with van der Waals surface area (Å²) in [5.74, 6) is -1.19. The number of fused-ring (bicyclic) bond motifs is 1. The number of hydrogen-bond donors (Lipinski definition) is 0. The van der Waals surface area contributed by atoms with Crippen LogP contribution in [0.5, 0.6) is 0 Å². The Bertz CT molecular complexity index is 1180. The molecule has 2 aliphatic heterocycles. The zero-order valence-electron chi connectivity index (χ0n) is 17.2. The van der Waals surface area contributed by atoms with Gasteiger partial charge in [0, 0.05) is 4.47 Å². The molecule has 31 heavy (non-hydrogen) atoms. The van der Waals surface area contributed by atoms with Gasteiger partial charge in [0.2, 0.25) is 5.91 Å². The lowest BCUT2D eigenvalue weighted by Gasteiger charge is -2.29. The molecular weight excluding hydrogens is 456 g/mol. The molecule has 0 bridgehead atoms. The lowest BCUT2D eigenvalue weighted by molar-refractivity contribution is -0.126. The summed E-state index contributed by atoms with van der Waals surface area (Å²) in [7, 11) is 0.